The van der Waals surface area contributed by atoms with E-state index in [0.29, 0.717) is 22.2 Å². The number of carbonyl (C=O) groups is 1. The molecule has 0 atom stereocenters. The van der Waals surface area contributed by atoms with Crippen LogP contribution in [0.15, 0.2) is 24.3 Å². The van der Waals surface area contributed by atoms with Crippen molar-refractivity contribution in [3.63, 3.8) is 0 Å². The maximum atomic E-state index is 12.9. The van der Waals surface area contributed by atoms with Crippen molar-refractivity contribution in [3.8, 4) is 5.75 Å². The Kier molecular flexibility index (Phi) is 5.42. The van der Waals surface area contributed by atoms with Gasteiger partial charge in [0.2, 0.25) is 5.91 Å². The Morgan fingerprint density at radius 1 is 1.25 bits per heavy atom. The van der Waals surface area contributed by atoms with Crippen LogP contribution in [0.2, 0.25) is 0 Å². The van der Waals surface area contributed by atoms with Crippen LogP contribution >= 0.6 is 0 Å². The zero-order valence-corrected chi connectivity index (χ0v) is 12.9. The molecule has 0 saturated heterocycles. The molecule has 9 heteroatoms. The summed E-state index contributed by atoms with van der Waals surface area (Å²) >= 11 is 0. The predicted molar refractivity (Wildman–Crippen MR) is 78.5 cm³/mol. The molecule has 2 aromatic rings. The van der Waals surface area contributed by atoms with E-state index in [9.17, 15) is 22.4 Å². The molecule has 1 amide bonds. The number of hydrogen-bond acceptors (Lipinski definition) is 3. The van der Waals surface area contributed by atoms with E-state index in [1.54, 1.807) is 25.1 Å². The van der Waals surface area contributed by atoms with Gasteiger partial charge in [-0.15, -0.1) is 0 Å². The van der Waals surface area contributed by atoms with Crippen LogP contribution in [0.3, 0.4) is 0 Å². The van der Waals surface area contributed by atoms with Crippen molar-refractivity contribution in [2.75, 3.05) is 12.4 Å². The van der Waals surface area contributed by atoms with E-state index in [1.165, 1.54) is 7.11 Å². The second-order valence-corrected chi connectivity index (χ2v) is 5.01. The Bertz CT molecular complexity index is 732. The van der Waals surface area contributed by atoms with Gasteiger partial charge in [0.25, 0.3) is 12.9 Å². The topological polar surface area (TPSA) is 56.1 Å². The lowest BCUT2D eigenvalue weighted by atomic mass is 10.2. The third-order valence-corrected chi connectivity index (χ3v) is 3.20. The minimum absolute atomic E-state index is 0.349. The summed E-state index contributed by atoms with van der Waals surface area (Å²) < 4.78 is 56.7. The SMILES string of the molecule is COc1ccc(C)cc1NC(=O)Cn1nc(C(F)F)cc1C(F)F. The lowest BCUT2D eigenvalue weighted by Gasteiger charge is -2.12. The van der Waals surface area contributed by atoms with Crippen molar-refractivity contribution in [1.82, 2.24) is 9.78 Å². The van der Waals surface area contributed by atoms with Gasteiger partial charge in [0.15, 0.2) is 0 Å². The fourth-order valence-corrected chi connectivity index (χ4v) is 2.11. The van der Waals surface area contributed by atoms with Crippen molar-refractivity contribution < 1.29 is 27.1 Å². The number of hydrogen-bond donors (Lipinski definition) is 1. The Morgan fingerprint density at radius 2 is 1.96 bits per heavy atom. The van der Waals surface area contributed by atoms with Gasteiger partial charge in [0.05, 0.1) is 12.8 Å². The van der Waals surface area contributed by atoms with Gasteiger partial charge < -0.3 is 10.1 Å². The molecule has 0 fully saturated rings. The van der Waals surface area contributed by atoms with Gasteiger partial charge in [0, 0.05) is 0 Å². The van der Waals surface area contributed by atoms with Gasteiger partial charge in [0.1, 0.15) is 23.7 Å². The fourth-order valence-electron chi connectivity index (χ4n) is 2.11. The third kappa shape index (κ3) is 4.03. The molecule has 130 valence electrons. The summed E-state index contributed by atoms with van der Waals surface area (Å²) in [4.78, 5) is 12.1. The molecule has 0 bridgehead atoms. The Hall–Kier alpha value is -2.58. The number of methoxy groups -OCH3 is 1. The molecule has 0 radical (unpaired) electrons. The monoisotopic (exact) mass is 345 g/mol. The number of carbonyl (C=O) groups excluding carboxylic acids is 1. The zero-order chi connectivity index (χ0) is 17.9. The second kappa shape index (κ2) is 7.33. The minimum Gasteiger partial charge on any atom is -0.495 e. The fraction of sp³-hybridized carbons (Fsp3) is 0.333. The third-order valence-electron chi connectivity index (χ3n) is 3.20. The highest BCUT2D eigenvalue weighted by Gasteiger charge is 2.22. The van der Waals surface area contributed by atoms with Crippen LogP contribution in [-0.2, 0) is 11.3 Å². The van der Waals surface area contributed by atoms with Crippen LogP contribution in [-0.4, -0.2) is 22.8 Å². The van der Waals surface area contributed by atoms with Crippen LogP contribution in [0.4, 0.5) is 23.2 Å². The quantitative estimate of drug-likeness (QED) is 0.812. The number of halogens is 4. The molecule has 1 heterocycles. The van der Waals surface area contributed by atoms with E-state index in [2.05, 4.69) is 10.4 Å². The molecule has 1 N–H and O–H groups in total. The van der Waals surface area contributed by atoms with E-state index < -0.39 is 36.7 Å². The molecule has 24 heavy (non-hydrogen) atoms. The van der Waals surface area contributed by atoms with Crippen molar-refractivity contribution >= 4 is 11.6 Å². The van der Waals surface area contributed by atoms with E-state index in [1.807, 2.05) is 0 Å². The van der Waals surface area contributed by atoms with Crippen LogP contribution in [0.25, 0.3) is 0 Å². The van der Waals surface area contributed by atoms with Gasteiger partial charge in [-0.1, -0.05) is 6.07 Å². The first kappa shape index (κ1) is 17.8. The summed E-state index contributed by atoms with van der Waals surface area (Å²) in [5.41, 5.74) is -0.344. The summed E-state index contributed by atoms with van der Waals surface area (Å²) in [6, 6.07) is 5.64. The van der Waals surface area contributed by atoms with Crippen LogP contribution in [0.5, 0.6) is 5.75 Å². The highest BCUT2D eigenvalue weighted by Crippen LogP contribution is 2.27. The van der Waals surface area contributed by atoms with E-state index >= 15 is 0 Å². The summed E-state index contributed by atoms with van der Waals surface area (Å²) in [7, 11) is 1.41. The number of ether oxygens (including phenoxy) is 1. The molecular weight excluding hydrogens is 330 g/mol. The molecule has 5 nitrogen and oxygen atoms in total. The first-order chi connectivity index (χ1) is 11.3. The maximum Gasteiger partial charge on any atom is 0.282 e. The Labute approximate surface area is 135 Å². The molecule has 1 aromatic carbocycles. The van der Waals surface area contributed by atoms with E-state index in [4.69, 9.17) is 4.74 Å². The molecule has 1 aromatic heterocycles. The molecule has 0 saturated carbocycles. The molecule has 0 spiro atoms. The molecule has 0 aliphatic carbocycles. The van der Waals surface area contributed by atoms with Crippen molar-refractivity contribution in [1.29, 1.82) is 0 Å². The number of rotatable bonds is 6. The first-order valence-electron chi connectivity index (χ1n) is 6.90. The van der Waals surface area contributed by atoms with Gasteiger partial charge >= 0.3 is 0 Å². The number of nitrogens with one attached hydrogen (secondary N) is 1. The number of alkyl halides is 4. The van der Waals surface area contributed by atoms with Crippen molar-refractivity contribution in [2.45, 2.75) is 26.3 Å². The summed E-state index contributed by atoms with van der Waals surface area (Å²) in [6.45, 7) is 1.18. The van der Waals surface area contributed by atoms with Crippen molar-refractivity contribution in [3.05, 3.63) is 41.2 Å². The van der Waals surface area contributed by atoms with Gasteiger partial charge in [-0.2, -0.15) is 5.10 Å². The van der Waals surface area contributed by atoms with Gasteiger partial charge in [-0.05, 0) is 30.7 Å². The average Bonchev–Trinajstić information content (AvgIpc) is 2.91. The minimum atomic E-state index is -3.02. The summed E-state index contributed by atoms with van der Waals surface area (Å²) in [5, 5.41) is 5.87. The van der Waals surface area contributed by atoms with E-state index in [-0.39, 0.29) is 0 Å². The second-order valence-electron chi connectivity index (χ2n) is 5.01. The Balaban J connectivity index is 2.20. The number of anilines is 1. The number of aromatic nitrogens is 2. The summed E-state index contributed by atoms with van der Waals surface area (Å²) in [6.07, 6.45) is -6.02. The maximum absolute atomic E-state index is 12.9. The van der Waals surface area contributed by atoms with Gasteiger partial charge in [-0.3, -0.25) is 9.48 Å². The average molecular weight is 345 g/mol. The lowest BCUT2D eigenvalue weighted by Crippen LogP contribution is -2.21. The molecule has 0 aliphatic heterocycles. The van der Waals surface area contributed by atoms with Gasteiger partial charge in [-0.25, -0.2) is 17.6 Å². The van der Waals surface area contributed by atoms with Crippen LogP contribution < -0.4 is 10.1 Å². The smallest absolute Gasteiger partial charge is 0.282 e. The molecule has 2 rings (SSSR count). The molecule has 0 aliphatic rings. The first-order valence-corrected chi connectivity index (χ1v) is 6.90. The predicted octanol–water partition coefficient (Wildman–Crippen LogP) is 3.71. The number of aryl methyl sites for hydroxylation is 1. The van der Waals surface area contributed by atoms with Crippen molar-refractivity contribution in [2.24, 2.45) is 0 Å². The highest BCUT2D eigenvalue weighted by atomic mass is 19.3. The molecule has 0 unspecified atom stereocenters. The summed E-state index contributed by atoms with van der Waals surface area (Å²) in [5.74, 6) is -0.304. The standard InChI is InChI=1S/C15H15F4N3O2/c1-8-3-4-12(24-2)9(5-8)20-13(23)7-22-11(15(18)19)6-10(21-22)14(16)17/h3-6,14-15H,7H2,1-2H3,(H,20,23). The highest BCUT2D eigenvalue weighted by molar-refractivity contribution is 5.92. The van der Waals surface area contributed by atoms with Crippen LogP contribution in [0.1, 0.15) is 29.8 Å². The van der Waals surface area contributed by atoms with Crippen LogP contribution in [0, 0.1) is 6.92 Å². The Morgan fingerprint density at radius 3 is 2.54 bits per heavy atom. The molecular formula is C15H15F4N3O2. The zero-order valence-electron chi connectivity index (χ0n) is 12.9. The lowest BCUT2D eigenvalue weighted by molar-refractivity contribution is -0.117. The number of amides is 1. The number of benzene rings is 1. The normalized spacial score (nSPS) is 11.2. The largest absolute Gasteiger partial charge is 0.495 e. The number of nitrogens with zero attached hydrogens (tertiary/aromatic N) is 2. The van der Waals surface area contributed by atoms with E-state index in [0.717, 1.165) is 5.56 Å².